The van der Waals surface area contributed by atoms with Gasteiger partial charge in [0.15, 0.2) is 10.4 Å². The van der Waals surface area contributed by atoms with Crippen LogP contribution in [0.1, 0.15) is 20.9 Å². The highest BCUT2D eigenvalue weighted by molar-refractivity contribution is 9.10. The Balaban J connectivity index is 1.61. The zero-order valence-electron chi connectivity index (χ0n) is 13.5. The molecule has 0 aliphatic carbocycles. The van der Waals surface area contributed by atoms with Crippen LogP contribution >= 0.6 is 15.9 Å². The molecule has 2 heterocycles. The molecule has 0 radical (unpaired) electrons. The van der Waals surface area contributed by atoms with Gasteiger partial charge >= 0.3 is 6.61 Å². The summed E-state index contributed by atoms with van der Waals surface area (Å²) in [6.45, 7) is -1.55. The number of nitrogens with zero attached hydrogens (tertiary/aromatic N) is 2. The Bertz CT molecular complexity index is 804. The van der Waals surface area contributed by atoms with Crippen LogP contribution in [0.4, 0.5) is 8.78 Å². The van der Waals surface area contributed by atoms with E-state index in [9.17, 15) is 18.4 Å². The van der Waals surface area contributed by atoms with E-state index in [1.807, 2.05) is 0 Å². The number of hydrogen-bond acceptors (Lipinski definition) is 4. The highest BCUT2D eigenvalue weighted by atomic mass is 79.9. The molecular formula is C17H15BrF2N2O4. The van der Waals surface area contributed by atoms with Gasteiger partial charge in [0.25, 0.3) is 11.8 Å². The van der Waals surface area contributed by atoms with Gasteiger partial charge in [0, 0.05) is 31.7 Å². The van der Waals surface area contributed by atoms with Gasteiger partial charge in [-0.1, -0.05) is 6.07 Å². The number of alkyl halides is 2. The van der Waals surface area contributed by atoms with Crippen LogP contribution in [0.2, 0.25) is 0 Å². The molecule has 0 bridgehead atoms. The number of halogens is 3. The van der Waals surface area contributed by atoms with Crippen LogP contribution in [0, 0.1) is 0 Å². The van der Waals surface area contributed by atoms with Crippen molar-refractivity contribution in [3.05, 3.63) is 52.4 Å². The first-order valence-electron chi connectivity index (χ1n) is 7.83. The molecule has 9 heteroatoms. The maximum atomic E-state index is 12.5. The molecule has 1 fully saturated rings. The maximum absolute atomic E-state index is 12.5. The molecule has 26 heavy (non-hydrogen) atoms. The molecule has 0 saturated carbocycles. The van der Waals surface area contributed by atoms with Crippen LogP contribution in [0.5, 0.6) is 5.75 Å². The van der Waals surface area contributed by atoms with Crippen LogP contribution in [0.3, 0.4) is 0 Å². The summed E-state index contributed by atoms with van der Waals surface area (Å²) >= 11 is 3.15. The molecule has 2 aromatic rings. The number of piperazine rings is 1. The SMILES string of the molecule is O=C(c1cccc(OC(F)F)c1)N1CCN(C(=O)c2ccc(Br)o2)CC1. The minimum absolute atomic E-state index is 0.0666. The van der Waals surface area contributed by atoms with Crippen LogP contribution in [-0.2, 0) is 0 Å². The van der Waals surface area contributed by atoms with Crippen LogP contribution in [-0.4, -0.2) is 54.4 Å². The minimum Gasteiger partial charge on any atom is -0.444 e. The van der Waals surface area contributed by atoms with Gasteiger partial charge in [-0.25, -0.2) is 0 Å². The summed E-state index contributed by atoms with van der Waals surface area (Å²) in [7, 11) is 0. The van der Waals surface area contributed by atoms with Crippen LogP contribution < -0.4 is 4.74 Å². The van der Waals surface area contributed by atoms with Crippen molar-refractivity contribution in [1.29, 1.82) is 0 Å². The smallest absolute Gasteiger partial charge is 0.387 e. The van der Waals surface area contributed by atoms with Gasteiger partial charge in [0.1, 0.15) is 5.75 Å². The molecule has 0 atom stereocenters. The fraction of sp³-hybridized carbons (Fsp3) is 0.294. The first-order valence-corrected chi connectivity index (χ1v) is 8.62. The molecule has 1 aliphatic heterocycles. The Morgan fingerprint density at radius 3 is 2.27 bits per heavy atom. The molecule has 3 rings (SSSR count). The number of amides is 2. The van der Waals surface area contributed by atoms with Gasteiger partial charge in [0.05, 0.1) is 0 Å². The van der Waals surface area contributed by atoms with E-state index in [1.165, 1.54) is 18.2 Å². The molecule has 0 N–H and O–H groups in total. The number of furan rings is 1. The van der Waals surface area contributed by atoms with Gasteiger partial charge in [-0.05, 0) is 46.3 Å². The van der Waals surface area contributed by atoms with Crippen molar-refractivity contribution >= 4 is 27.7 Å². The second kappa shape index (κ2) is 7.86. The van der Waals surface area contributed by atoms with Gasteiger partial charge in [-0.3, -0.25) is 9.59 Å². The summed E-state index contributed by atoms with van der Waals surface area (Å²) in [6.07, 6.45) is 0. The van der Waals surface area contributed by atoms with Gasteiger partial charge < -0.3 is 19.0 Å². The van der Waals surface area contributed by atoms with E-state index in [-0.39, 0.29) is 28.9 Å². The molecule has 138 valence electrons. The first kappa shape index (κ1) is 18.4. The van der Waals surface area contributed by atoms with Crippen molar-refractivity contribution < 1.29 is 27.5 Å². The largest absolute Gasteiger partial charge is 0.444 e. The van der Waals surface area contributed by atoms with E-state index in [2.05, 4.69) is 20.7 Å². The first-order chi connectivity index (χ1) is 12.4. The number of rotatable bonds is 4. The molecule has 1 aliphatic rings. The fourth-order valence-electron chi connectivity index (χ4n) is 2.69. The van der Waals surface area contributed by atoms with Crippen LogP contribution in [0.15, 0.2) is 45.5 Å². The van der Waals surface area contributed by atoms with E-state index in [4.69, 9.17) is 4.42 Å². The van der Waals surface area contributed by atoms with Crippen LogP contribution in [0.25, 0.3) is 0 Å². The summed E-state index contributed by atoms with van der Waals surface area (Å²) in [4.78, 5) is 28.0. The second-order valence-corrected chi connectivity index (χ2v) is 6.38. The summed E-state index contributed by atoms with van der Waals surface area (Å²) in [5.74, 6) is -0.371. The third kappa shape index (κ3) is 4.21. The average molecular weight is 429 g/mol. The minimum atomic E-state index is -2.95. The lowest BCUT2D eigenvalue weighted by Gasteiger charge is -2.34. The average Bonchev–Trinajstić information content (AvgIpc) is 3.07. The lowest BCUT2D eigenvalue weighted by atomic mass is 10.1. The molecule has 1 aromatic heterocycles. The predicted molar refractivity (Wildman–Crippen MR) is 91.3 cm³/mol. The zero-order chi connectivity index (χ0) is 18.7. The summed E-state index contributed by atoms with van der Waals surface area (Å²) < 4.78 is 34.7. The number of carbonyl (C=O) groups is 2. The lowest BCUT2D eigenvalue weighted by molar-refractivity contribution is -0.0499. The highest BCUT2D eigenvalue weighted by Gasteiger charge is 2.27. The van der Waals surface area contributed by atoms with E-state index in [0.717, 1.165) is 0 Å². The molecule has 1 aromatic carbocycles. The Hall–Kier alpha value is -2.42. The topological polar surface area (TPSA) is 63.0 Å². The molecule has 1 saturated heterocycles. The van der Waals surface area contributed by atoms with Crippen molar-refractivity contribution in [3.8, 4) is 5.75 Å². The maximum Gasteiger partial charge on any atom is 0.387 e. The quantitative estimate of drug-likeness (QED) is 0.749. The number of hydrogen-bond donors (Lipinski definition) is 0. The molecule has 0 unspecified atom stereocenters. The normalized spacial score (nSPS) is 14.6. The predicted octanol–water partition coefficient (Wildman–Crippen LogP) is 3.24. The van der Waals surface area contributed by atoms with Gasteiger partial charge in [-0.15, -0.1) is 0 Å². The van der Waals surface area contributed by atoms with E-state index >= 15 is 0 Å². The van der Waals surface area contributed by atoms with E-state index < -0.39 is 6.61 Å². The number of ether oxygens (including phenoxy) is 1. The summed E-state index contributed by atoms with van der Waals surface area (Å²) in [5.41, 5.74) is 0.262. The summed E-state index contributed by atoms with van der Waals surface area (Å²) in [5, 5.41) is 0. The molecule has 0 spiro atoms. The van der Waals surface area contributed by atoms with Crippen molar-refractivity contribution in [2.45, 2.75) is 6.61 Å². The second-order valence-electron chi connectivity index (χ2n) is 5.59. The van der Waals surface area contributed by atoms with Crippen molar-refractivity contribution in [2.24, 2.45) is 0 Å². The van der Waals surface area contributed by atoms with Gasteiger partial charge in [-0.2, -0.15) is 8.78 Å². The third-order valence-corrected chi connectivity index (χ3v) is 4.37. The number of carbonyl (C=O) groups excluding carboxylic acids is 2. The Morgan fingerprint density at radius 2 is 1.69 bits per heavy atom. The number of benzene rings is 1. The molecule has 6 nitrogen and oxygen atoms in total. The monoisotopic (exact) mass is 428 g/mol. The Morgan fingerprint density at radius 1 is 1.04 bits per heavy atom. The summed E-state index contributed by atoms with van der Waals surface area (Å²) in [6, 6.07) is 8.89. The Labute approximate surface area is 156 Å². The van der Waals surface area contributed by atoms with E-state index in [0.29, 0.717) is 30.8 Å². The van der Waals surface area contributed by atoms with Crippen molar-refractivity contribution in [1.82, 2.24) is 9.80 Å². The van der Waals surface area contributed by atoms with E-state index in [1.54, 1.807) is 28.0 Å². The third-order valence-electron chi connectivity index (χ3n) is 3.94. The zero-order valence-corrected chi connectivity index (χ0v) is 15.1. The standard InChI is InChI=1S/C17H15BrF2N2O4/c18-14-5-4-13(26-14)16(24)22-8-6-21(7-9-22)15(23)11-2-1-3-12(10-11)25-17(19)20/h1-5,10,17H,6-9H2. The molecule has 2 amide bonds. The fourth-order valence-corrected chi connectivity index (χ4v) is 2.99. The van der Waals surface area contributed by atoms with Crippen molar-refractivity contribution in [2.75, 3.05) is 26.2 Å². The highest BCUT2D eigenvalue weighted by Crippen LogP contribution is 2.19. The van der Waals surface area contributed by atoms with Crippen molar-refractivity contribution in [3.63, 3.8) is 0 Å². The lowest BCUT2D eigenvalue weighted by Crippen LogP contribution is -2.50. The Kier molecular flexibility index (Phi) is 5.55. The molecular weight excluding hydrogens is 414 g/mol. The van der Waals surface area contributed by atoms with Gasteiger partial charge in [0.2, 0.25) is 0 Å².